The fourth-order valence-corrected chi connectivity index (χ4v) is 4.19. The molecule has 1 aromatic heterocycles. The minimum atomic E-state index is 0.158. The van der Waals surface area contributed by atoms with E-state index in [1.54, 1.807) is 17.3 Å². The van der Waals surface area contributed by atoms with Crippen molar-refractivity contribution >= 4 is 22.6 Å². The minimum Gasteiger partial charge on any atom is -0.488 e. The monoisotopic (exact) mass is 398 g/mol. The normalized spacial score (nSPS) is 22.5. The van der Waals surface area contributed by atoms with Crippen LogP contribution in [-0.2, 0) is 9.53 Å². The molecule has 0 radical (unpaired) electrons. The van der Waals surface area contributed by atoms with E-state index in [9.17, 15) is 4.79 Å². The van der Waals surface area contributed by atoms with Crippen molar-refractivity contribution in [1.29, 1.82) is 0 Å². The summed E-state index contributed by atoms with van der Waals surface area (Å²) in [4.78, 5) is 25.0. The summed E-state index contributed by atoms with van der Waals surface area (Å²) in [6, 6.07) is 4.19. The van der Waals surface area contributed by atoms with E-state index in [4.69, 9.17) is 9.47 Å². The molecule has 1 aliphatic carbocycles. The SMILES string of the molecule is CN(C)C(=O)CC1CCC(Oc2cc(N3CCOCC3)cc3nccnc23)CC1. The Labute approximate surface area is 172 Å². The molecule has 1 saturated carbocycles. The topological polar surface area (TPSA) is 67.8 Å². The van der Waals surface area contributed by atoms with Gasteiger partial charge >= 0.3 is 0 Å². The minimum absolute atomic E-state index is 0.158. The van der Waals surface area contributed by atoms with Crippen LogP contribution in [-0.4, -0.2) is 67.3 Å². The van der Waals surface area contributed by atoms with Crippen molar-refractivity contribution in [2.45, 2.75) is 38.2 Å². The lowest BCUT2D eigenvalue weighted by molar-refractivity contribution is -0.130. The second-order valence-electron chi connectivity index (χ2n) is 8.22. The molecule has 2 heterocycles. The quantitative estimate of drug-likeness (QED) is 0.772. The Kier molecular flexibility index (Phi) is 6.13. The lowest BCUT2D eigenvalue weighted by Gasteiger charge is -2.31. The molecular formula is C22H30N4O3. The number of nitrogens with zero attached hydrogens (tertiary/aromatic N) is 4. The molecule has 1 amide bonds. The van der Waals surface area contributed by atoms with E-state index < -0.39 is 0 Å². The van der Waals surface area contributed by atoms with Gasteiger partial charge in [0.25, 0.3) is 0 Å². The zero-order valence-corrected chi connectivity index (χ0v) is 17.3. The van der Waals surface area contributed by atoms with Gasteiger partial charge in [0, 0.05) is 57.8 Å². The average molecular weight is 399 g/mol. The van der Waals surface area contributed by atoms with E-state index >= 15 is 0 Å². The number of fused-ring (bicyclic) bond motifs is 1. The van der Waals surface area contributed by atoms with Gasteiger partial charge in [0.2, 0.25) is 5.91 Å². The molecule has 2 aliphatic rings. The van der Waals surface area contributed by atoms with Gasteiger partial charge in [-0.15, -0.1) is 0 Å². The van der Waals surface area contributed by atoms with E-state index in [1.807, 2.05) is 14.1 Å². The van der Waals surface area contributed by atoms with Crippen LogP contribution in [0.4, 0.5) is 5.69 Å². The van der Waals surface area contributed by atoms with Crippen molar-refractivity contribution in [2.75, 3.05) is 45.3 Å². The number of amides is 1. The summed E-state index contributed by atoms with van der Waals surface area (Å²) in [5, 5.41) is 0. The number of aromatic nitrogens is 2. The fourth-order valence-electron chi connectivity index (χ4n) is 4.19. The predicted octanol–water partition coefficient (Wildman–Crippen LogP) is 2.88. The summed E-state index contributed by atoms with van der Waals surface area (Å²) in [5.41, 5.74) is 2.78. The van der Waals surface area contributed by atoms with Crippen LogP contribution in [0.25, 0.3) is 11.0 Å². The van der Waals surface area contributed by atoms with Gasteiger partial charge in [0.1, 0.15) is 11.3 Å². The zero-order chi connectivity index (χ0) is 20.2. The maximum Gasteiger partial charge on any atom is 0.222 e. The standard InChI is InChI=1S/C22H30N4O3/c1-25(2)21(27)13-16-3-5-18(6-4-16)29-20-15-17(26-9-11-28-12-10-26)14-19-22(20)24-8-7-23-19/h7-8,14-16,18H,3-6,9-13H2,1-2H3. The van der Waals surface area contributed by atoms with Gasteiger partial charge in [0.15, 0.2) is 0 Å². The molecular weight excluding hydrogens is 368 g/mol. The Balaban J connectivity index is 1.47. The number of morpholine rings is 1. The maximum atomic E-state index is 12.0. The van der Waals surface area contributed by atoms with Crippen LogP contribution in [0.1, 0.15) is 32.1 Å². The van der Waals surface area contributed by atoms with Crippen molar-refractivity contribution in [3.63, 3.8) is 0 Å². The molecule has 7 heteroatoms. The summed E-state index contributed by atoms with van der Waals surface area (Å²) in [7, 11) is 3.65. The van der Waals surface area contributed by atoms with Crippen molar-refractivity contribution < 1.29 is 14.3 Å². The summed E-state index contributed by atoms with van der Waals surface area (Å²) in [6.07, 6.45) is 8.22. The fraction of sp³-hybridized carbons (Fsp3) is 0.591. The van der Waals surface area contributed by atoms with Crippen molar-refractivity contribution in [3.8, 4) is 5.75 Å². The van der Waals surface area contributed by atoms with E-state index in [-0.39, 0.29) is 12.0 Å². The smallest absolute Gasteiger partial charge is 0.222 e. The highest BCUT2D eigenvalue weighted by molar-refractivity contribution is 5.85. The van der Waals surface area contributed by atoms with Crippen LogP contribution < -0.4 is 9.64 Å². The first-order chi connectivity index (χ1) is 14.1. The van der Waals surface area contributed by atoms with Crippen molar-refractivity contribution in [2.24, 2.45) is 5.92 Å². The molecule has 2 fully saturated rings. The third kappa shape index (κ3) is 4.78. The molecule has 0 spiro atoms. The number of carbonyl (C=O) groups is 1. The Bertz CT molecular complexity index is 843. The molecule has 156 valence electrons. The number of hydrogen-bond acceptors (Lipinski definition) is 6. The van der Waals surface area contributed by atoms with Crippen LogP contribution in [0.3, 0.4) is 0 Å². The number of hydrogen-bond donors (Lipinski definition) is 0. The number of rotatable bonds is 5. The maximum absolute atomic E-state index is 12.0. The summed E-state index contributed by atoms with van der Waals surface area (Å²) in [5.74, 6) is 1.49. The van der Waals surface area contributed by atoms with Gasteiger partial charge < -0.3 is 19.3 Å². The number of carbonyl (C=O) groups excluding carboxylic acids is 1. The first-order valence-electron chi connectivity index (χ1n) is 10.5. The molecule has 0 N–H and O–H groups in total. The Morgan fingerprint density at radius 2 is 1.86 bits per heavy atom. The molecule has 0 atom stereocenters. The van der Waals surface area contributed by atoms with Gasteiger partial charge in [-0.1, -0.05) is 0 Å². The summed E-state index contributed by atoms with van der Waals surface area (Å²) < 4.78 is 11.9. The van der Waals surface area contributed by atoms with Crippen LogP contribution in [0, 0.1) is 5.92 Å². The molecule has 4 rings (SSSR count). The third-order valence-electron chi connectivity index (χ3n) is 5.95. The van der Waals surface area contributed by atoms with Gasteiger partial charge in [-0.3, -0.25) is 9.78 Å². The third-order valence-corrected chi connectivity index (χ3v) is 5.95. The highest BCUT2D eigenvalue weighted by Gasteiger charge is 2.26. The predicted molar refractivity (Wildman–Crippen MR) is 112 cm³/mol. The van der Waals surface area contributed by atoms with Gasteiger partial charge in [-0.2, -0.15) is 0 Å². The first-order valence-corrected chi connectivity index (χ1v) is 10.5. The van der Waals surface area contributed by atoms with E-state index in [1.165, 1.54) is 0 Å². The van der Waals surface area contributed by atoms with Crippen molar-refractivity contribution in [1.82, 2.24) is 14.9 Å². The second kappa shape index (κ2) is 8.95. The van der Waals surface area contributed by atoms with E-state index in [2.05, 4.69) is 27.0 Å². The average Bonchev–Trinajstić information content (AvgIpc) is 2.75. The highest BCUT2D eigenvalue weighted by Crippen LogP contribution is 2.34. The van der Waals surface area contributed by atoms with E-state index in [0.717, 1.165) is 74.5 Å². The largest absolute Gasteiger partial charge is 0.488 e. The summed E-state index contributed by atoms with van der Waals surface area (Å²) >= 11 is 0. The number of benzene rings is 1. The Hall–Kier alpha value is -2.41. The summed E-state index contributed by atoms with van der Waals surface area (Å²) in [6.45, 7) is 3.22. The number of ether oxygens (including phenoxy) is 2. The first kappa shape index (κ1) is 19.9. The zero-order valence-electron chi connectivity index (χ0n) is 17.3. The Morgan fingerprint density at radius 1 is 1.14 bits per heavy atom. The molecule has 1 aromatic carbocycles. The molecule has 0 bridgehead atoms. The van der Waals surface area contributed by atoms with Gasteiger partial charge in [0.05, 0.1) is 24.8 Å². The van der Waals surface area contributed by atoms with Crippen LogP contribution in [0.15, 0.2) is 24.5 Å². The van der Waals surface area contributed by atoms with Crippen LogP contribution >= 0.6 is 0 Å². The van der Waals surface area contributed by atoms with Crippen LogP contribution in [0.2, 0.25) is 0 Å². The second-order valence-corrected chi connectivity index (χ2v) is 8.22. The molecule has 29 heavy (non-hydrogen) atoms. The molecule has 2 aromatic rings. The Morgan fingerprint density at radius 3 is 2.59 bits per heavy atom. The van der Waals surface area contributed by atoms with Crippen molar-refractivity contribution in [3.05, 3.63) is 24.5 Å². The number of anilines is 1. The highest BCUT2D eigenvalue weighted by atomic mass is 16.5. The van der Waals surface area contributed by atoms with E-state index in [0.29, 0.717) is 12.3 Å². The molecule has 7 nitrogen and oxygen atoms in total. The lowest BCUT2D eigenvalue weighted by atomic mass is 9.85. The molecule has 1 aliphatic heterocycles. The molecule has 0 unspecified atom stereocenters. The van der Waals surface area contributed by atoms with Gasteiger partial charge in [-0.05, 0) is 37.7 Å². The van der Waals surface area contributed by atoms with Crippen LogP contribution in [0.5, 0.6) is 5.75 Å². The van der Waals surface area contributed by atoms with Gasteiger partial charge in [-0.25, -0.2) is 4.98 Å². The lowest BCUT2D eigenvalue weighted by Crippen LogP contribution is -2.36. The molecule has 1 saturated heterocycles.